The zero-order valence-corrected chi connectivity index (χ0v) is 10.7. The zero-order valence-electron chi connectivity index (χ0n) is 10.7. The van der Waals surface area contributed by atoms with Crippen LogP contribution in [0.5, 0.6) is 0 Å². The van der Waals surface area contributed by atoms with Gasteiger partial charge in [0.15, 0.2) is 6.04 Å². The molecular formula is C11H19N4O4+. The lowest BCUT2D eigenvalue weighted by Crippen LogP contribution is -2.88. The molecule has 0 saturated heterocycles. The monoisotopic (exact) mass is 271 g/mol. The summed E-state index contributed by atoms with van der Waals surface area (Å²) in [6.45, 7) is 0. The molecule has 8 nitrogen and oxygen atoms in total. The molecule has 0 aliphatic heterocycles. The molecule has 0 bridgehead atoms. The number of carbonyl (C=O) groups is 2. The summed E-state index contributed by atoms with van der Waals surface area (Å²) >= 11 is 0. The molecule has 0 aromatic carbocycles. The number of hydrogen-bond acceptors (Lipinski definition) is 4. The van der Waals surface area contributed by atoms with E-state index in [0.29, 0.717) is 5.69 Å². The van der Waals surface area contributed by atoms with Crippen LogP contribution in [0.3, 0.4) is 0 Å². The molecule has 19 heavy (non-hydrogen) atoms. The van der Waals surface area contributed by atoms with E-state index in [1.807, 2.05) is 0 Å². The Morgan fingerprint density at radius 3 is 2.68 bits per heavy atom. The Bertz CT molecular complexity index is 434. The highest BCUT2D eigenvalue weighted by atomic mass is 16.4. The fraction of sp³-hybridized carbons (Fsp3) is 0.545. The highest BCUT2D eigenvalue weighted by Crippen LogP contribution is 2.16. The number of aromatic nitrogens is 2. The number of nitrogens with one attached hydrogen (secondary N) is 1. The Kier molecular flexibility index (Phi) is 5.02. The van der Waals surface area contributed by atoms with Gasteiger partial charge in [0.05, 0.1) is 13.4 Å². The van der Waals surface area contributed by atoms with Gasteiger partial charge in [0, 0.05) is 24.7 Å². The third-order valence-corrected chi connectivity index (χ3v) is 3.11. The summed E-state index contributed by atoms with van der Waals surface area (Å²) in [4.78, 5) is 28.8. The van der Waals surface area contributed by atoms with Crippen molar-refractivity contribution < 1.29 is 25.1 Å². The van der Waals surface area contributed by atoms with Gasteiger partial charge < -0.3 is 26.2 Å². The van der Waals surface area contributed by atoms with E-state index >= 15 is 0 Å². The van der Waals surface area contributed by atoms with E-state index in [0.717, 1.165) is 0 Å². The second-order valence-corrected chi connectivity index (χ2v) is 4.53. The van der Waals surface area contributed by atoms with Gasteiger partial charge in [-0.25, -0.2) is 9.78 Å². The van der Waals surface area contributed by atoms with Gasteiger partial charge in [0.1, 0.15) is 5.54 Å². The topological polar surface area (TPSA) is 146 Å². The van der Waals surface area contributed by atoms with Crippen LogP contribution in [-0.2, 0) is 16.0 Å². The van der Waals surface area contributed by atoms with E-state index in [-0.39, 0.29) is 19.3 Å². The predicted octanol–water partition coefficient (Wildman–Crippen LogP) is -1.84. The van der Waals surface area contributed by atoms with E-state index in [4.69, 9.17) is 10.8 Å². The fourth-order valence-electron chi connectivity index (χ4n) is 1.84. The largest absolute Gasteiger partial charge is 0.480 e. The smallest absolute Gasteiger partial charge is 0.362 e. The molecule has 0 amide bonds. The first-order valence-corrected chi connectivity index (χ1v) is 5.91. The number of quaternary nitrogens is 1. The second-order valence-electron chi connectivity index (χ2n) is 4.53. The van der Waals surface area contributed by atoms with Gasteiger partial charge in [-0.2, -0.15) is 0 Å². The molecule has 0 aliphatic rings. The van der Waals surface area contributed by atoms with Gasteiger partial charge in [0.2, 0.25) is 0 Å². The number of H-pyrrole nitrogens is 1. The summed E-state index contributed by atoms with van der Waals surface area (Å²) < 4.78 is 0. The Hall–Kier alpha value is -1.93. The molecular weight excluding hydrogens is 252 g/mol. The Morgan fingerprint density at radius 1 is 1.58 bits per heavy atom. The maximum Gasteiger partial charge on any atom is 0.362 e. The number of nitrogens with zero attached hydrogens (tertiary/aromatic N) is 1. The van der Waals surface area contributed by atoms with Crippen molar-refractivity contribution in [2.24, 2.45) is 5.73 Å². The first kappa shape index (κ1) is 15.1. The number of aliphatic carboxylic acids is 2. The molecule has 1 aromatic rings. The van der Waals surface area contributed by atoms with Gasteiger partial charge in [0.25, 0.3) is 0 Å². The van der Waals surface area contributed by atoms with E-state index < -0.39 is 23.5 Å². The second kappa shape index (κ2) is 6.30. The predicted molar refractivity (Wildman–Crippen MR) is 65.4 cm³/mol. The number of carboxylic acids is 2. The minimum atomic E-state index is -1.50. The lowest BCUT2D eigenvalue weighted by molar-refractivity contribution is -0.652. The number of nitrogens with two attached hydrogens (primary N) is 2. The van der Waals surface area contributed by atoms with Gasteiger partial charge in [-0.1, -0.05) is 0 Å². The minimum Gasteiger partial charge on any atom is -0.480 e. The normalized spacial score (nSPS) is 15.7. The first-order valence-electron chi connectivity index (χ1n) is 5.91. The molecule has 106 valence electrons. The van der Waals surface area contributed by atoms with E-state index in [9.17, 15) is 14.7 Å². The Labute approximate surface area is 110 Å². The SMILES string of the molecule is C[NH2+]C(CCC(N)(Cc1cnc[nH]1)C(=O)O)C(=O)O. The lowest BCUT2D eigenvalue weighted by atomic mass is 9.88. The highest BCUT2D eigenvalue weighted by molar-refractivity contribution is 5.79. The van der Waals surface area contributed by atoms with Crippen molar-refractivity contribution in [2.45, 2.75) is 30.8 Å². The van der Waals surface area contributed by atoms with Crippen LogP contribution < -0.4 is 11.1 Å². The Morgan fingerprint density at radius 2 is 2.26 bits per heavy atom. The molecule has 1 rings (SSSR count). The molecule has 0 saturated carbocycles. The number of carboxylic acid groups (broad SMARTS) is 2. The number of hydrogen-bond donors (Lipinski definition) is 5. The van der Waals surface area contributed by atoms with Gasteiger partial charge in [-0.05, 0) is 6.42 Å². The van der Waals surface area contributed by atoms with Crippen LogP contribution in [0.4, 0.5) is 0 Å². The summed E-state index contributed by atoms with van der Waals surface area (Å²) in [5, 5.41) is 19.7. The maximum atomic E-state index is 11.3. The van der Waals surface area contributed by atoms with E-state index in [1.165, 1.54) is 17.8 Å². The fourth-order valence-corrected chi connectivity index (χ4v) is 1.84. The molecule has 7 N–H and O–H groups in total. The average molecular weight is 271 g/mol. The molecule has 1 heterocycles. The summed E-state index contributed by atoms with van der Waals surface area (Å²) in [7, 11) is 1.63. The van der Waals surface area contributed by atoms with Gasteiger partial charge >= 0.3 is 11.9 Å². The average Bonchev–Trinajstić information content (AvgIpc) is 2.81. The van der Waals surface area contributed by atoms with Crippen molar-refractivity contribution in [1.29, 1.82) is 0 Å². The molecule has 2 atom stereocenters. The summed E-state index contributed by atoms with van der Waals surface area (Å²) in [6.07, 6.45) is 3.28. The molecule has 2 unspecified atom stereocenters. The third-order valence-electron chi connectivity index (χ3n) is 3.11. The van der Waals surface area contributed by atoms with Crippen LogP contribution in [0.15, 0.2) is 12.5 Å². The number of imidazole rings is 1. The molecule has 1 aromatic heterocycles. The van der Waals surface area contributed by atoms with Crippen molar-refractivity contribution in [1.82, 2.24) is 9.97 Å². The van der Waals surface area contributed by atoms with Gasteiger partial charge in [-0.3, -0.25) is 4.79 Å². The number of likely N-dealkylation sites (N-methyl/N-ethyl adjacent to an activating group) is 1. The van der Waals surface area contributed by atoms with Crippen molar-refractivity contribution in [3.05, 3.63) is 18.2 Å². The van der Waals surface area contributed by atoms with Crippen LogP contribution in [-0.4, -0.2) is 50.7 Å². The maximum absolute atomic E-state index is 11.3. The molecule has 0 fully saturated rings. The molecule has 8 heteroatoms. The van der Waals surface area contributed by atoms with E-state index in [1.54, 1.807) is 7.05 Å². The Balaban J connectivity index is 2.71. The quantitative estimate of drug-likeness (QED) is 0.375. The third kappa shape index (κ3) is 4.04. The molecule has 0 spiro atoms. The van der Waals surface area contributed by atoms with Gasteiger partial charge in [-0.15, -0.1) is 0 Å². The molecule has 0 radical (unpaired) electrons. The minimum absolute atomic E-state index is 0.0721. The summed E-state index contributed by atoms with van der Waals surface area (Å²) in [6, 6.07) is -0.691. The molecule has 0 aliphatic carbocycles. The van der Waals surface area contributed by atoms with Crippen LogP contribution in [0, 0.1) is 0 Å². The van der Waals surface area contributed by atoms with Crippen LogP contribution in [0.25, 0.3) is 0 Å². The van der Waals surface area contributed by atoms with Crippen molar-refractivity contribution in [3.8, 4) is 0 Å². The lowest BCUT2D eigenvalue weighted by Gasteiger charge is -2.24. The van der Waals surface area contributed by atoms with Crippen molar-refractivity contribution in [3.63, 3.8) is 0 Å². The number of aromatic amines is 1. The van der Waals surface area contributed by atoms with Crippen LogP contribution >= 0.6 is 0 Å². The highest BCUT2D eigenvalue weighted by Gasteiger charge is 2.36. The number of rotatable bonds is 8. The summed E-state index contributed by atoms with van der Waals surface area (Å²) in [5.74, 6) is -2.13. The first-order chi connectivity index (χ1) is 8.89. The van der Waals surface area contributed by atoms with Crippen molar-refractivity contribution in [2.75, 3.05) is 7.05 Å². The van der Waals surface area contributed by atoms with E-state index in [2.05, 4.69) is 9.97 Å². The van der Waals surface area contributed by atoms with Crippen molar-refractivity contribution >= 4 is 11.9 Å². The zero-order chi connectivity index (χ0) is 14.5. The standard InChI is InChI=1S/C11H18N4O4/c1-13-8(9(16)17)2-3-11(12,10(18)19)4-7-5-14-6-15-7/h5-6,8,13H,2-4,12H2,1H3,(H,14,15)(H,16,17)(H,18,19)/p+1. The summed E-state index contributed by atoms with van der Waals surface area (Å²) in [5.41, 5.74) is 4.99. The van der Waals surface area contributed by atoms with Crippen LogP contribution in [0.2, 0.25) is 0 Å². The van der Waals surface area contributed by atoms with Crippen LogP contribution in [0.1, 0.15) is 18.5 Å².